The van der Waals surface area contributed by atoms with Gasteiger partial charge in [-0.25, -0.2) is 0 Å². The van der Waals surface area contributed by atoms with E-state index < -0.39 is 0 Å². The molecule has 4 heteroatoms. The zero-order chi connectivity index (χ0) is 13.9. The minimum atomic E-state index is 0.0416. The fraction of sp³-hybridized carbons (Fsp3) is 0.533. The molecule has 0 unspecified atom stereocenters. The van der Waals surface area contributed by atoms with E-state index in [1.165, 1.54) is 12.8 Å². The molecule has 1 aromatic rings. The molecule has 0 aliphatic heterocycles. The molecule has 106 valence electrons. The van der Waals surface area contributed by atoms with Crippen LogP contribution in [0.4, 0.5) is 5.69 Å². The molecule has 0 spiro atoms. The van der Waals surface area contributed by atoms with E-state index in [0.717, 1.165) is 18.5 Å². The van der Waals surface area contributed by atoms with Crippen LogP contribution in [-0.2, 0) is 4.79 Å². The molecule has 4 nitrogen and oxygen atoms in total. The third kappa shape index (κ3) is 6.25. The van der Waals surface area contributed by atoms with Crippen LogP contribution in [0.25, 0.3) is 0 Å². The maximum atomic E-state index is 11.8. The lowest BCUT2D eigenvalue weighted by Gasteiger charge is -2.11. The first kappa shape index (κ1) is 15.5. The highest BCUT2D eigenvalue weighted by Gasteiger charge is 2.06. The van der Waals surface area contributed by atoms with E-state index >= 15 is 0 Å². The molecule has 0 aliphatic rings. The lowest BCUT2D eigenvalue weighted by Crippen LogP contribution is -2.14. The fourth-order valence-corrected chi connectivity index (χ4v) is 1.79. The van der Waals surface area contributed by atoms with Gasteiger partial charge in [-0.05, 0) is 18.6 Å². The second-order valence-electron chi connectivity index (χ2n) is 4.49. The van der Waals surface area contributed by atoms with Crippen molar-refractivity contribution in [3.8, 4) is 5.75 Å². The predicted molar refractivity (Wildman–Crippen MR) is 78.4 cm³/mol. The third-order valence-corrected chi connectivity index (χ3v) is 2.79. The van der Waals surface area contributed by atoms with Crippen LogP contribution in [0.3, 0.4) is 0 Å². The standard InChI is InChI=1S/C15H24N2O2/c1-2-3-4-5-10-15(18)17-13-8-6-7-9-14(13)19-12-11-16/h6-9H,2-5,10-12,16H2,1H3,(H,17,18). The smallest absolute Gasteiger partial charge is 0.224 e. The molecule has 19 heavy (non-hydrogen) atoms. The van der Waals surface area contributed by atoms with Crippen LogP contribution in [0.1, 0.15) is 39.0 Å². The van der Waals surface area contributed by atoms with E-state index in [1.54, 1.807) is 0 Å². The summed E-state index contributed by atoms with van der Waals surface area (Å²) in [5.74, 6) is 0.717. The molecule has 1 amide bonds. The molecule has 0 saturated carbocycles. The van der Waals surface area contributed by atoms with Crippen LogP contribution in [0.2, 0.25) is 0 Å². The van der Waals surface area contributed by atoms with Crippen LogP contribution in [-0.4, -0.2) is 19.1 Å². The second-order valence-corrected chi connectivity index (χ2v) is 4.49. The van der Waals surface area contributed by atoms with E-state index in [1.807, 2.05) is 24.3 Å². The molecule has 0 bridgehead atoms. The Morgan fingerprint density at radius 1 is 1.26 bits per heavy atom. The van der Waals surface area contributed by atoms with Gasteiger partial charge in [0.15, 0.2) is 0 Å². The Morgan fingerprint density at radius 2 is 2.05 bits per heavy atom. The van der Waals surface area contributed by atoms with E-state index in [4.69, 9.17) is 10.5 Å². The summed E-state index contributed by atoms with van der Waals surface area (Å²) in [6.07, 6.45) is 4.97. The molecule has 0 radical (unpaired) electrons. The zero-order valence-electron chi connectivity index (χ0n) is 11.7. The summed E-state index contributed by atoms with van der Waals surface area (Å²) in [5, 5.41) is 2.89. The van der Waals surface area contributed by atoms with E-state index in [2.05, 4.69) is 12.2 Å². The first-order valence-electron chi connectivity index (χ1n) is 6.99. The molecule has 0 fully saturated rings. The van der Waals surface area contributed by atoms with Crippen LogP contribution < -0.4 is 15.8 Å². The molecule has 0 aromatic heterocycles. The summed E-state index contributed by atoms with van der Waals surface area (Å²) >= 11 is 0. The SMILES string of the molecule is CCCCCCC(=O)Nc1ccccc1OCCN. The highest BCUT2D eigenvalue weighted by Crippen LogP contribution is 2.23. The highest BCUT2D eigenvalue weighted by molar-refractivity contribution is 5.92. The summed E-state index contributed by atoms with van der Waals surface area (Å²) < 4.78 is 5.49. The molecule has 3 N–H and O–H groups in total. The van der Waals surface area contributed by atoms with Gasteiger partial charge in [0.25, 0.3) is 0 Å². The molecule has 1 aromatic carbocycles. The van der Waals surface area contributed by atoms with Gasteiger partial charge in [0.2, 0.25) is 5.91 Å². The van der Waals surface area contributed by atoms with Crippen molar-refractivity contribution in [1.29, 1.82) is 0 Å². The van der Waals surface area contributed by atoms with Crippen molar-refractivity contribution in [2.24, 2.45) is 5.73 Å². The van der Waals surface area contributed by atoms with E-state index in [0.29, 0.717) is 25.3 Å². The Bertz CT molecular complexity index is 380. The number of nitrogens with one attached hydrogen (secondary N) is 1. The molecular weight excluding hydrogens is 240 g/mol. The minimum Gasteiger partial charge on any atom is -0.490 e. The number of amides is 1. The largest absolute Gasteiger partial charge is 0.490 e. The minimum absolute atomic E-state index is 0.0416. The lowest BCUT2D eigenvalue weighted by molar-refractivity contribution is -0.116. The quantitative estimate of drug-likeness (QED) is 0.674. The number of ether oxygens (including phenoxy) is 1. The first-order valence-corrected chi connectivity index (χ1v) is 6.99. The Labute approximate surface area is 115 Å². The molecule has 0 atom stereocenters. The normalized spacial score (nSPS) is 10.2. The number of carbonyl (C=O) groups excluding carboxylic acids is 1. The third-order valence-electron chi connectivity index (χ3n) is 2.79. The number of benzene rings is 1. The number of nitrogens with two attached hydrogens (primary N) is 1. The van der Waals surface area contributed by atoms with Crippen molar-refractivity contribution in [3.63, 3.8) is 0 Å². The Hall–Kier alpha value is -1.55. The summed E-state index contributed by atoms with van der Waals surface area (Å²) in [4.78, 5) is 11.8. The molecule has 0 aliphatic carbocycles. The van der Waals surface area contributed by atoms with Crippen LogP contribution in [0.5, 0.6) is 5.75 Å². The lowest BCUT2D eigenvalue weighted by atomic mass is 10.1. The van der Waals surface area contributed by atoms with Gasteiger partial charge in [0.1, 0.15) is 12.4 Å². The molecular formula is C15H24N2O2. The van der Waals surface area contributed by atoms with Crippen molar-refractivity contribution in [2.75, 3.05) is 18.5 Å². The summed E-state index contributed by atoms with van der Waals surface area (Å²) in [6, 6.07) is 7.43. The van der Waals surface area contributed by atoms with Crippen molar-refractivity contribution >= 4 is 11.6 Å². The number of unbranched alkanes of at least 4 members (excludes halogenated alkanes) is 3. The summed E-state index contributed by atoms with van der Waals surface area (Å²) in [6.45, 7) is 3.06. The number of para-hydroxylation sites is 2. The van der Waals surface area contributed by atoms with Crippen molar-refractivity contribution in [3.05, 3.63) is 24.3 Å². The predicted octanol–water partition coefficient (Wildman–Crippen LogP) is 2.93. The van der Waals surface area contributed by atoms with Crippen molar-refractivity contribution < 1.29 is 9.53 Å². The van der Waals surface area contributed by atoms with Gasteiger partial charge in [-0.3, -0.25) is 4.79 Å². The maximum Gasteiger partial charge on any atom is 0.224 e. The topological polar surface area (TPSA) is 64.3 Å². The zero-order valence-corrected chi connectivity index (χ0v) is 11.7. The van der Waals surface area contributed by atoms with Crippen LogP contribution >= 0.6 is 0 Å². The van der Waals surface area contributed by atoms with Crippen LogP contribution in [0, 0.1) is 0 Å². The number of hydrogen-bond donors (Lipinski definition) is 2. The van der Waals surface area contributed by atoms with Crippen LogP contribution in [0.15, 0.2) is 24.3 Å². The van der Waals surface area contributed by atoms with E-state index in [-0.39, 0.29) is 5.91 Å². The van der Waals surface area contributed by atoms with Gasteiger partial charge in [0, 0.05) is 13.0 Å². The van der Waals surface area contributed by atoms with Crippen molar-refractivity contribution in [1.82, 2.24) is 0 Å². The molecule has 0 saturated heterocycles. The van der Waals surface area contributed by atoms with Gasteiger partial charge >= 0.3 is 0 Å². The second kappa shape index (κ2) is 9.39. The molecule has 0 heterocycles. The van der Waals surface area contributed by atoms with Gasteiger partial charge < -0.3 is 15.8 Å². The average Bonchev–Trinajstić information content (AvgIpc) is 2.43. The number of carbonyl (C=O) groups is 1. The maximum absolute atomic E-state index is 11.8. The molecule has 1 rings (SSSR count). The summed E-state index contributed by atoms with van der Waals surface area (Å²) in [7, 11) is 0. The fourth-order valence-electron chi connectivity index (χ4n) is 1.79. The van der Waals surface area contributed by atoms with Gasteiger partial charge in [0.05, 0.1) is 5.69 Å². The Kier molecular flexibility index (Phi) is 7.66. The van der Waals surface area contributed by atoms with E-state index in [9.17, 15) is 4.79 Å². The van der Waals surface area contributed by atoms with Crippen molar-refractivity contribution in [2.45, 2.75) is 39.0 Å². The van der Waals surface area contributed by atoms with Gasteiger partial charge in [-0.15, -0.1) is 0 Å². The van der Waals surface area contributed by atoms with Gasteiger partial charge in [-0.2, -0.15) is 0 Å². The monoisotopic (exact) mass is 264 g/mol. The number of rotatable bonds is 9. The number of hydrogen-bond acceptors (Lipinski definition) is 3. The number of anilines is 1. The summed E-state index contributed by atoms with van der Waals surface area (Å²) in [5.41, 5.74) is 6.13. The first-order chi connectivity index (χ1) is 9.27. The average molecular weight is 264 g/mol. The highest BCUT2D eigenvalue weighted by atomic mass is 16.5. The Morgan fingerprint density at radius 3 is 2.79 bits per heavy atom. The Balaban J connectivity index is 2.44. The van der Waals surface area contributed by atoms with Gasteiger partial charge in [-0.1, -0.05) is 38.3 Å².